The number of carbonyl (C=O) groups is 2. The molecular formula is C14H17F3N2O2. The van der Waals surface area contributed by atoms with Gasteiger partial charge in [0.05, 0.1) is 5.69 Å². The number of anilines is 1. The third kappa shape index (κ3) is 3.74. The summed E-state index contributed by atoms with van der Waals surface area (Å²) in [6.07, 6.45) is 0. The summed E-state index contributed by atoms with van der Waals surface area (Å²) in [6, 6.07) is 1.65. The summed E-state index contributed by atoms with van der Waals surface area (Å²) >= 11 is 0. The monoisotopic (exact) mass is 302 g/mol. The zero-order valence-electron chi connectivity index (χ0n) is 12.1. The molecular weight excluding hydrogens is 285 g/mol. The van der Waals surface area contributed by atoms with Crippen LogP contribution in [0.25, 0.3) is 0 Å². The molecule has 0 N–H and O–H groups in total. The van der Waals surface area contributed by atoms with Crippen LogP contribution >= 0.6 is 0 Å². The van der Waals surface area contributed by atoms with E-state index in [1.165, 1.54) is 4.90 Å². The fourth-order valence-electron chi connectivity index (χ4n) is 1.90. The Morgan fingerprint density at radius 1 is 1.05 bits per heavy atom. The Morgan fingerprint density at radius 2 is 1.62 bits per heavy atom. The Bertz CT molecular complexity index is 545. The first-order valence-corrected chi connectivity index (χ1v) is 6.52. The van der Waals surface area contributed by atoms with Gasteiger partial charge >= 0.3 is 0 Å². The maximum atomic E-state index is 13.8. The zero-order valence-corrected chi connectivity index (χ0v) is 12.1. The van der Waals surface area contributed by atoms with E-state index in [4.69, 9.17) is 0 Å². The largest absolute Gasteiger partial charge is 0.342 e. The van der Waals surface area contributed by atoms with Crippen LogP contribution in [0.4, 0.5) is 18.9 Å². The molecule has 0 bridgehead atoms. The number of hydrogen-bond acceptors (Lipinski definition) is 2. The normalized spacial score (nSPS) is 10.4. The van der Waals surface area contributed by atoms with Crippen molar-refractivity contribution < 1.29 is 22.8 Å². The lowest BCUT2D eigenvalue weighted by atomic mass is 10.2. The van der Waals surface area contributed by atoms with Crippen LogP contribution in [0.2, 0.25) is 0 Å². The molecule has 0 atom stereocenters. The van der Waals surface area contributed by atoms with Crippen molar-refractivity contribution in [3.8, 4) is 0 Å². The number of amides is 2. The maximum absolute atomic E-state index is 13.8. The first-order valence-electron chi connectivity index (χ1n) is 6.52. The van der Waals surface area contributed by atoms with E-state index in [1.54, 1.807) is 13.8 Å². The summed E-state index contributed by atoms with van der Waals surface area (Å²) < 4.78 is 39.9. The fraction of sp³-hybridized carbons (Fsp3) is 0.429. The molecule has 0 aliphatic carbocycles. The number of benzene rings is 1. The summed E-state index contributed by atoms with van der Waals surface area (Å²) in [6.45, 7) is 5.08. The van der Waals surface area contributed by atoms with Crippen LogP contribution in [0.5, 0.6) is 0 Å². The van der Waals surface area contributed by atoms with Crippen molar-refractivity contribution in [1.82, 2.24) is 4.90 Å². The standard InChI is InChI=1S/C14H17F3N2O2/c1-4-18(5-2)12(21)8-19(9(3)20)11-7-6-10(15)13(16)14(11)17/h6-7H,4-5,8H2,1-3H3. The summed E-state index contributed by atoms with van der Waals surface area (Å²) in [7, 11) is 0. The fourth-order valence-corrected chi connectivity index (χ4v) is 1.90. The number of rotatable bonds is 5. The molecule has 2 amide bonds. The highest BCUT2D eigenvalue weighted by atomic mass is 19.2. The summed E-state index contributed by atoms with van der Waals surface area (Å²) in [4.78, 5) is 25.8. The van der Waals surface area contributed by atoms with Gasteiger partial charge in [-0.3, -0.25) is 9.59 Å². The quantitative estimate of drug-likeness (QED) is 0.783. The average molecular weight is 302 g/mol. The van der Waals surface area contributed by atoms with Gasteiger partial charge in [-0.15, -0.1) is 0 Å². The van der Waals surface area contributed by atoms with E-state index in [-0.39, 0.29) is 0 Å². The van der Waals surface area contributed by atoms with E-state index in [0.717, 1.165) is 17.9 Å². The van der Waals surface area contributed by atoms with E-state index in [2.05, 4.69) is 0 Å². The molecule has 0 spiro atoms. The molecule has 0 saturated heterocycles. The van der Waals surface area contributed by atoms with Gasteiger partial charge in [0.2, 0.25) is 11.8 Å². The Labute approximate surface area is 121 Å². The van der Waals surface area contributed by atoms with Crippen molar-refractivity contribution in [2.45, 2.75) is 20.8 Å². The molecule has 0 aliphatic rings. The van der Waals surface area contributed by atoms with Crippen molar-refractivity contribution in [3.05, 3.63) is 29.6 Å². The number of carbonyl (C=O) groups excluding carboxylic acids is 2. The highest BCUT2D eigenvalue weighted by Crippen LogP contribution is 2.23. The predicted molar refractivity (Wildman–Crippen MR) is 72.3 cm³/mol. The van der Waals surface area contributed by atoms with Gasteiger partial charge < -0.3 is 9.80 Å². The van der Waals surface area contributed by atoms with E-state index < -0.39 is 41.5 Å². The third-order valence-corrected chi connectivity index (χ3v) is 3.10. The molecule has 116 valence electrons. The molecule has 0 unspecified atom stereocenters. The van der Waals surface area contributed by atoms with Crippen LogP contribution in [0.1, 0.15) is 20.8 Å². The number of likely N-dealkylation sites (N-methyl/N-ethyl adjacent to an activating group) is 1. The molecule has 0 saturated carbocycles. The van der Waals surface area contributed by atoms with Crippen molar-refractivity contribution in [2.75, 3.05) is 24.5 Å². The Balaban J connectivity index is 3.12. The average Bonchev–Trinajstić information content (AvgIpc) is 2.44. The van der Waals surface area contributed by atoms with Gasteiger partial charge in [-0.2, -0.15) is 0 Å². The summed E-state index contributed by atoms with van der Waals surface area (Å²) in [5, 5.41) is 0. The smallest absolute Gasteiger partial charge is 0.242 e. The van der Waals surface area contributed by atoms with Gasteiger partial charge in [0, 0.05) is 20.0 Å². The SMILES string of the molecule is CCN(CC)C(=O)CN(C(C)=O)c1ccc(F)c(F)c1F. The van der Waals surface area contributed by atoms with Crippen molar-refractivity contribution in [3.63, 3.8) is 0 Å². The zero-order chi connectivity index (χ0) is 16.2. The van der Waals surface area contributed by atoms with E-state index in [0.29, 0.717) is 19.2 Å². The summed E-state index contributed by atoms with van der Waals surface area (Å²) in [5.74, 6) is -5.55. The second-order valence-electron chi connectivity index (χ2n) is 4.37. The number of nitrogens with zero attached hydrogens (tertiary/aromatic N) is 2. The van der Waals surface area contributed by atoms with Gasteiger partial charge in [0.1, 0.15) is 6.54 Å². The van der Waals surface area contributed by atoms with E-state index >= 15 is 0 Å². The van der Waals surface area contributed by atoms with Gasteiger partial charge in [0.25, 0.3) is 0 Å². The van der Waals surface area contributed by atoms with Crippen molar-refractivity contribution in [2.24, 2.45) is 0 Å². The molecule has 0 radical (unpaired) electrons. The first kappa shape index (κ1) is 17.0. The molecule has 1 rings (SSSR count). The highest BCUT2D eigenvalue weighted by Gasteiger charge is 2.24. The van der Waals surface area contributed by atoms with Gasteiger partial charge in [-0.25, -0.2) is 13.2 Å². The van der Waals surface area contributed by atoms with Crippen molar-refractivity contribution >= 4 is 17.5 Å². The lowest BCUT2D eigenvalue weighted by molar-refractivity contribution is -0.130. The van der Waals surface area contributed by atoms with Crippen LogP contribution in [-0.2, 0) is 9.59 Å². The molecule has 1 aromatic carbocycles. The molecule has 0 aromatic heterocycles. The lowest BCUT2D eigenvalue weighted by Gasteiger charge is -2.25. The molecule has 1 aromatic rings. The molecule has 0 fully saturated rings. The first-order chi connectivity index (χ1) is 9.83. The Morgan fingerprint density at radius 3 is 2.10 bits per heavy atom. The van der Waals surface area contributed by atoms with Gasteiger partial charge in [-0.05, 0) is 26.0 Å². The Hall–Kier alpha value is -2.05. The predicted octanol–water partition coefficient (Wildman–Crippen LogP) is 2.33. The van der Waals surface area contributed by atoms with Crippen LogP contribution in [0, 0.1) is 17.5 Å². The Kier molecular flexibility index (Phi) is 5.75. The molecule has 0 heterocycles. The minimum absolute atomic E-state index is 0.403. The van der Waals surface area contributed by atoms with Crippen molar-refractivity contribution in [1.29, 1.82) is 0 Å². The highest BCUT2D eigenvalue weighted by molar-refractivity contribution is 5.97. The van der Waals surface area contributed by atoms with Crippen LogP contribution in [-0.4, -0.2) is 36.3 Å². The maximum Gasteiger partial charge on any atom is 0.242 e. The minimum atomic E-state index is -1.67. The third-order valence-electron chi connectivity index (χ3n) is 3.10. The lowest BCUT2D eigenvalue weighted by Crippen LogP contribution is -2.42. The number of halogens is 3. The molecule has 0 aliphatic heterocycles. The molecule has 4 nitrogen and oxygen atoms in total. The second kappa shape index (κ2) is 7.10. The van der Waals surface area contributed by atoms with Crippen LogP contribution in [0.3, 0.4) is 0 Å². The molecule has 7 heteroatoms. The van der Waals surface area contributed by atoms with Crippen LogP contribution in [0.15, 0.2) is 12.1 Å². The van der Waals surface area contributed by atoms with Gasteiger partial charge in [-0.1, -0.05) is 0 Å². The van der Waals surface area contributed by atoms with E-state index in [9.17, 15) is 22.8 Å². The topological polar surface area (TPSA) is 40.6 Å². The summed E-state index contributed by atoms with van der Waals surface area (Å²) in [5.41, 5.74) is -0.457. The second-order valence-corrected chi connectivity index (χ2v) is 4.37. The van der Waals surface area contributed by atoms with E-state index in [1.807, 2.05) is 0 Å². The number of hydrogen-bond donors (Lipinski definition) is 0. The minimum Gasteiger partial charge on any atom is -0.342 e. The molecule has 21 heavy (non-hydrogen) atoms. The van der Waals surface area contributed by atoms with Crippen LogP contribution < -0.4 is 4.90 Å². The van der Waals surface area contributed by atoms with Gasteiger partial charge in [0.15, 0.2) is 17.5 Å².